The second-order valence-electron chi connectivity index (χ2n) is 12.0. The number of hydrogen-bond donors (Lipinski definition) is 2. The molecule has 1 aromatic carbocycles. The molecule has 2 amide bonds. The van der Waals surface area contributed by atoms with E-state index in [-0.39, 0.29) is 40.5 Å². The minimum absolute atomic E-state index is 0.0348. The summed E-state index contributed by atoms with van der Waals surface area (Å²) >= 11 is 0. The molecule has 35 heavy (non-hydrogen) atoms. The molecule has 1 saturated carbocycles. The van der Waals surface area contributed by atoms with E-state index in [1.807, 2.05) is 17.0 Å². The Morgan fingerprint density at radius 2 is 1.83 bits per heavy atom. The van der Waals surface area contributed by atoms with Crippen molar-refractivity contribution in [3.63, 3.8) is 0 Å². The maximum Gasteiger partial charge on any atom is 0.224 e. The SMILES string of the molecule is CC(=O)NC1(CC(=O)N2CCC3(CC2)CO[C@@H]2c4cccc(O)c4OC(C)(C)[C@H]2C3)CCCCC1. The predicted molar refractivity (Wildman–Crippen MR) is 132 cm³/mol. The van der Waals surface area contributed by atoms with Gasteiger partial charge in [-0.25, -0.2) is 0 Å². The first-order valence-electron chi connectivity index (χ1n) is 13.3. The fourth-order valence-corrected chi connectivity index (χ4v) is 7.08. The molecule has 2 atom stereocenters. The lowest BCUT2D eigenvalue weighted by atomic mass is 9.64. The van der Waals surface area contributed by atoms with Gasteiger partial charge in [0.25, 0.3) is 0 Å². The Kier molecular flexibility index (Phi) is 6.27. The van der Waals surface area contributed by atoms with Gasteiger partial charge in [-0.15, -0.1) is 0 Å². The van der Waals surface area contributed by atoms with E-state index in [0.717, 1.165) is 63.6 Å². The van der Waals surface area contributed by atoms with Crippen molar-refractivity contribution in [2.45, 2.75) is 95.8 Å². The Morgan fingerprint density at radius 3 is 2.51 bits per heavy atom. The molecular formula is C28H40N2O5. The van der Waals surface area contributed by atoms with Gasteiger partial charge in [-0.3, -0.25) is 9.59 Å². The molecule has 3 fully saturated rings. The molecule has 3 aliphatic heterocycles. The van der Waals surface area contributed by atoms with Crippen molar-refractivity contribution in [2.24, 2.45) is 11.3 Å². The van der Waals surface area contributed by atoms with Gasteiger partial charge in [0.15, 0.2) is 11.5 Å². The highest BCUT2D eigenvalue weighted by Gasteiger charge is 2.53. The highest BCUT2D eigenvalue weighted by atomic mass is 16.5. The number of fused-ring (bicyclic) bond motifs is 3. The summed E-state index contributed by atoms with van der Waals surface area (Å²) in [6.07, 6.45) is 8.21. The van der Waals surface area contributed by atoms with Crippen molar-refractivity contribution in [3.8, 4) is 11.5 Å². The predicted octanol–water partition coefficient (Wildman–Crippen LogP) is 4.48. The molecule has 5 rings (SSSR count). The Hall–Kier alpha value is -2.28. The van der Waals surface area contributed by atoms with Crippen LogP contribution in [-0.4, -0.2) is 52.7 Å². The number of carbonyl (C=O) groups excluding carboxylic acids is 2. The normalized spacial score (nSPS) is 28.4. The van der Waals surface area contributed by atoms with Crippen LogP contribution in [0.4, 0.5) is 0 Å². The van der Waals surface area contributed by atoms with Gasteiger partial charge in [0, 0.05) is 43.5 Å². The highest BCUT2D eigenvalue weighted by Crippen LogP contribution is 2.57. The van der Waals surface area contributed by atoms with Gasteiger partial charge >= 0.3 is 0 Å². The molecule has 1 spiro atoms. The van der Waals surface area contributed by atoms with Crippen LogP contribution in [0.2, 0.25) is 0 Å². The third-order valence-electron chi connectivity index (χ3n) is 9.10. The smallest absolute Gasteiger partial charge is 0.224 e. The first-order chi connectivity index (χ1) is 16.6. The molecule has 0 unspecified atom stereocenters. The van der Waals surface area contributed by atoms with E-state index in [2.05, 4.69) is 19.2 Å². The minimum Gasteiger partial charge on any atom is -0.504 e. The zero-order valence-electron chi connectivity index (χ0n) is 21.4. The Labute approximate surface area is 208 Å². The van der Waals surface area contributed by atoms with Crippen molar-refractivity contribution in [1.82, 2.24) is 10.2 Å². The van der Waals surface area contributed by atoms with Gasteiger partial charge < -0.3 is 24.8 Å². The first-order valence-corrected chi connectivity index (χ1v) is 13.3. The van der Waals surface area contributed by atoms with E-state index < -0.39 is 5.60 Å². The first kappa shape index (κ1) is 24.4. The van der Waals surface area contributed by atoms with Crippen LogP contribution in [0.25, 0.3) is 0 Å². The van der Waals surface area contributed by atoms with E-state index in [0.29, 0.717) is 18.8 Å². The number of piperidine rings is 1. The molecule has 2 N–H and O–H groups in total. The molecule has 0 aromatic heterocycles. The molecule has 0 bridgehead atoms. The van der Waals surface area contributed by atoms with Gasteiger partial charge in [-0.1, -0.05) is 31.4 Å². The van der Waals surface area contributed by atoms with Crippen LogP contribution in [0, 0.1) is 11.3 Å². The Morgan fingerprint density at radius 1 is 1.11 bits per heavy atom. The zero-order valence-corrected chi connectivity index (χ0v) is 21.4. The summed E-state index contributed by atoms with van der Waals surface area (Å²) in [5.41, 5.74) is 0.141. The van der Waals surface area contributed by atoms with Crippen LogP contribution in [0.15, 0.2) is 18.2 Å². The van der Waals surface area contributed by atoms with Crippen LogP contribution in [0.1, 0.15) is 90.2 Å². The van der Waals surface area contributed by atoms with Crippen molar-refractivity contribution in [2.75, 3.05) is 19.7 Å². The lowest BCUT2D eigenvalue weighted by molar-refractivity contribution is -0.176. The summed E-state index contributed by atoms with van der Waals surface area (Å²) in [5.74, 6) is 1.01. The van der Waals surface area contributed by atoms with Gasteiger partial charge in [-0.05, 0) is 57.4 Å². The topological polar surface area (TPSA) is 88.1 Å². The monoisotopic (exact) mass is 484 g/mol. The maximum absolute atomic E-state index is 13.3. The van der Waals surface area contributed by atoms with E-state index in [1.165, 1.54) is 6.42 Å². The molecule has 3 heterocycles. The van der Waals surface area contributed by atoms with Crippen LogP contribution in [0.3, 0.4) is 0 Å². The summed E-state index contributed by atoms with van der Waals surface area (Å²) in [6, 6.07) is 5.51. The molecule has 2 saturated heterocycles. The number of hydrogen-bond acceptors (Lipinski definition) is 5. The number of phenols is 1. The van der Waals surface area contributed by atoms with Crippen LogP contribution in [-0.2, 0) is 14.3 Å². The lowest BCUT2D eigenvalue weighted by Crippen LogP contribution is -2.56. The number of aromatic hydroxyl groups is 1. The van der Waals surface area contributed by atoms with E-state index in [9.17, 15) is 14.7 Å². The number of nitrogens with zero attached hydrogens (tertiary/aromatic N) is 1. The number of ether oxygens (including phenoxy) is 2. The quantitative estimate of drug-likeness (QED) is 0.661. The standard InChI is InChI=1S/C28H40N2O5/c1-19(31)29-28(10-5-4-6-11-28)17-23(33)30-14-12-27(13-15-30)16-21-24(34-18-27)20-8-7-9-22(32)25(20)35-26(21,2)3/h7-9,21,24,32H,4-6,10-18H2,1-3H3,(H,29,31)/t21-,24+/m0/s1. The molecular weight excluding hydrogens is 444 g/mol. The van der Waals surface area contributed by atoms with Crippen molar-refractivity contribution in [3.05, 3.63) is 23.8 Å². The van der Waals surface area contributed by atoms with Crippen LogP contribution >= 0.6 is 0 Å². The third-order valence-corrected chi connectivity index (χ3v) is 9.10. The number of nitrogens with one attached hydrogen (secondary N) is 1. The third kappa shape index (κ3) is 4.64. The fraction of sp³-hybridized carbons (Fsp3) is 0.714. The van der Waals surface area contributed by atoms with E-state index in [1.54, 1.807) is 13.0 Å². The van der Waals surface area contributed by atoms with Gasteiger partial charge in [0.05, 0.1) is 12.7 Å². The summed E-state index contributed by atoms with van der Waals surface area (Å²) < 4.78 is 12.8. The van der Waals surface area contributed by atoms with Gasteiger partial charge in [-0.2, -0.15) is 0 Å². The molecule has 1 aromatic rings. The minimum atomic E-state index is -0.456. The van der Waals surface area contributed by atoms with Crippen LogP contribution < -0.4 is 10.1 Å². The second kappa shape index (κ2) is 8.99. The van der Waals surface area contributed by atoms with E-state index >= 15 is 0 Å². The van der Waals surface area contributed by atoms with Gasteiger partial charge in [0.1, 0.15) is 5.60 Å². The number of benzene rings is 1. The van der Waals surface area contributed by atoms with E-state index in [4.69, 9.17) is 9.47 Å². The van der Waals surface area contributed by atoms with Crippen molar-refractivity contribution >= 4 is 11.8 Å². The number of carbonyl (C=O) groups is 2. The second-order valence-corrected chi connectivity index (χ2v) is 12.0. The molecule has 7 heteroatoms. The lowest BCUT2D eigenvalue weighted by Gasteiger charge is -2.54. The Bertz CT molecular complexity index is 976. The molecule has 192 valence electrons. The number of para-hydroxylation sites is 1. The largest absolute Gasteiger partial charge is 0.504 e. The Balaban J connectivity index is 1.25. The summed E-state index contributed by atoms with van der Waals surface area (Å²) in [4.78, 5) is 27.2. The number of phenolic OH excluding ortho intramolecular Hbond substituents is 1. The molecule has 4 aliphatic rings. The molecule has 1 aliphatic carbocycles. The fourth-order valence-electron chi connectivity index (χ4n) is 7.08. The average Bonchev–Trinajstić information content (AvgIpc) is 2.80. The molecule has 7 nitrogen and oxygen atoms in total. The number of rotatable bonds is 3. The maximum atomic E-state index is 13.3. The average molecular weight is 485 g/mol. The number of likely N-dealkylation sites (tertiary alicyclic amines) is 1. The van der Waals surface area contributed by atoms with Crippen molar-refractivity contribution < 1.29 is 24.2 Å². The highest BCUT2D eigenvalue weighted by molar-refractivity contribution is 5.80. The summed E-state index contributed by atoms with van der Waals surface area (Å²) in [6.45, 7) is 7.86. The summed E-state index contributed by atoms with van der Waals surface area (Å²) in [5, 5.41) is 13.5. The number of amides is 2. The summed E-state index contributed by atoms with van der Waals surface area (Å²) in [7, 11) is 0. The van der Waals surface area contributed by atoms with Crippen molar-refractivity contribution in [1.29, 1.82) is 0 Å². The zero-order chi connectivity index (χ0) is 24.8. The van der Waals surface area contributed by atoms with Crippen LogP contribution in [0.5, 0.6) is 11.5 Å². The van der Waals surface area contributed by atoms with Gasteiger partial charge in [0.2, 0.25) is 11.8 Å². The molecule has 0 radical (unpaired) electrons.